The van der Waals surface area contributed by atoms with Gasteiger partial charge in [-0.3, -0.25) is 14.1 Å². The summed E-state index contributed by atoms with van der Waals surface area (Å²) in [7, 11) is 0. The van der Waals surface area contributed by atoms with Crippen molar-refractivity contribution in [2.75, 3.05) is 4.90 Å². The van der Waals surface area contributed by atoms with Crippen molar-refractivity contribution in [2.24, 2.45) is 0 Å². The third kappa shape index (κ3) is 1.79. The summed E-state index contributed by atoms with van der Waals surface area (Å²) in [5, 5.41) is 2.53. The lowest BCUT2D eigenvalue weighted by molar-refractivity contribution is 0.250. The molecule has 1 N–H and O–H groups in total. The summed E-state index contributed by atoms with van der Waals surface area (Å²) in [6, 6.07) is 4.81. The largest absolute Gasteiger partial charge is 0.330 e. The molecule has 2 aromatic rings. The highest BCUT2D eigenvalue weighted by Crippen LogP contribution is 2.13. The zero-order valence-corrected chi connectivity index (χ0v) is 9.91. The molecule has 0 bridgehead atoms. The predicted molar refractivity (Wildman–Crippen MR) is 70.8 cm³/mol. The van der Waals surface area contributed by atoms with E-state index in [4.69, 9.17) is 0 Å². The van der Waals surface area contributed by atoms with Crippen LogP contribution >= 0.6 is 0 Å². The van der Waals surface area contributed by atoms with Gasteiger partial charge in [0.15, 0.2) is 0 Å². The van der Waals surface area contributed by atoms with Gasteiger partial charge in [0, 0.05) is 18.1 Å². The molecule has 2 aromatic heterocycles. The third-order valence-electron chi connectivity index (χ3n) is 2.77. The quantitative estimate of drug-likeness (QED) is 0.832. The Balaban J connectivity index is 2.19. The lowest BCUT2D eigenvalue weighted by atomic mass is 10.3. The Morgan fingerprint density at radius 1 is 1.26 bits per heavy atom. The van der Waals surface area contributed by atoms with E-state index in [1.54, 1.807) is 30.5 Å². The third-order valence-corrected chi connectivity index (χ3v) is 2.77. The van der Waals surface area contributed by atoms with Crippen LogP contribution in [0.5, 0.6) is 0 Å². The van der Waals surface area contributed by atoms with Crippen molar-refractivity contribution in [1.82, 2.24) is 14.7 Å². The fourth-order valence-electron chi connectivity index (χ4n) is 1.84. The molecule has 19 heavy (non-hydrogen) atoms. The van der Waals surface area contributed by atoms with Crippen LogP contribution < -0.4 is 15.8 Å². The second kappa shape index (κ2) is 4.09. The molecule has 3 heterocycles. The van der Waals surface area contributed by atoms with E-state index >= 15 is 0 Å². The number of aromatic nitrogens is 2. The van der Waals surface area contributed by atoms with Crippen LogP contribution in [0.4, 0.5) is 10.5 Å². The lowest BCUT2D eigenvalue weighted by Gasteiger charge is -2.22. The number of urea groups is 1. The zero-order valence-electron chi connectivity index (χ0n) is 9.91. The minimum absolute atomic E-state index is 0.185. The van der Waals surface area contributed by atoms with E-state index in [0.29, 0.717) is 11.3 Å². The highest BCUT2D eigenvalue weighted by atomic mass is 16.2. The monoisotopic (exact) mass is 254 g/mol. The second-order valence-corrected chi connectivity index (χ2v) is 4.02. The summed E-state index contributed by atoms with van der Waals surface area (Å²) in [5.41, 5.74) is 0.889. The van der Waals surface area contributed by atoms with Gasteiger partial charge >= 0.3 is 6.03 Å². The minimum Gasteiger partial charge on any atom is -0.308 e. The number of hydrogen-bond acceptors (Lipinski definition) is 3. The Bertz CT molecular complexity index is 776. The molecule has 0 aromatic carbocycles. The number of hydrogen-bond donors (Lipinski definition) is 1. The van der Waals surface area contributed by atoms with Crippen molar-refractivity contribution in [1.29, 1.82) is 0 Å². The molecule has 0 radical (unpaired) electrons. The summed E-state index contributed by atoms with van der Waals surface area (Å²) < 4.78 is 1.39. The highest BCUT2D eigenvalue weighted by molar-refractivity contribution is 5.96. The molecule has 6 heteroatoms. The molecular formula is C13H10N4O2. The Kier molecular flexibility index (Phi) is 2.42. The molecular weight excluding hydrogens is 244 g/mol. The van der Waals surface area contributed by atoms with Crippen LogP contribution in [0.3, 0.4) is 0 Å². The van der Waals surface area contributed by atoms with Crippen molar-refractivity contribution >= 4 is 17.4 Å². The maximum absolute atomic E-state index is 12.3. The van der Waals surface area contributed by atoms with Gasteiger partial charge < -0.3 is 5.32 Å². The van der Waals surface area contributed by atoms with Crippen LogP contribution in [0.2, 0.25) is 0 Å². The first-order chi connectivity index (χ1) is 9.16. The van der Waals surface area contributed by atoms with Crippen molar-refractivity contribution in [3.63, 3.8) is 0 Å². The predicted octanol–water partition coefficient (Wildman–Crippen LogP) is 1.25. The SMILES string of the molecule is C=C1C=CN(c2cnc3ccccn3c2=O)C(=O)N1. The molecule has 94 valence electrons. The van der Waals surface area contributed by atoms with Gasteiger partial charge in [-0.15, -0.1) is 0 Å². The number of carbonyl (C=O) groups is 1. The van der Waals surface area contributed by atoms with Crippen LogP contribution in [-0.2, 0) is 0 Å². The highest BCUT2D eigenvalue weighted by Gasteiger charge is 2.20. The molecule has 1 aliphatic heterocycles. The Labute approximate surface area is 108 Å². The van der Waals surface area contributed by atoms with E-state index in [9.17, 15) is 9.59 Å². The molecule has 0 saturated heterocycles. The standard InChI is InChI=1S/C13H10N4O2/c1-9-5-7-16(13(19)15-9)10-8-14-11-4-2-3-6-17(11)12(10)18/h2-8H,1H2,(H,15,19). The average molecular weight is 254 g/mol. The van der Waals surface area contributed by atoms with Crippen LogP contribution in [0.25, 0.3) is 5.65 Å². The number of nitrogens with zero attached hydrogens (tertiary/aromatic N) is 3. The summed E-state index contributed by atoms with van der Waals surface area (Å²) in [5.74, 6) is 0. The van der Waals surface area contributed by atoms with E-state index in [-0.39, 0.29) is 11.2 Å². The number of amides is 2. The average Bonchev–Trinajstić information content (AvgIpc) is 2.41. The Morgan fingerprint density at radius 3 is 2.89 bits per heavy atom. The number of allylic oxidation sites excluding steroid dienone is 1. The summed E-state index contributed by atoms with van der Waals surface area (Å²) in [6.45, 7) is 3.62. The molecule has 0 saturated carbocycles. The Morgan fingerprint density at radius 2 is 2.11 bits per heavy atom. The minimum atomic E-state index is -0.428. The smallest absolute Gasteiger partial charge is 0.308 e. The first-order valence-electron chi connectivity index (χ1n) is 5.60. The maximum atomic E-state index is 12.3. The van der Waals surface area contributed by atoms with Crippen molar-refractivity contribution in [3.8, 4) is 0 Å². The maximum Gasteiger partial charge on any atom is 0.330 e. The van der Waals surface area contributed by atoms with Crippen LogP contribution in [0.1, 0.15) is 0 Å². The lowest BCUT2D eigenvalue weighted by Crippen LogP contribution is -2.41. The number of anilines is 1. The first kappa shape index (κ1) is 11.2. The van der Waals surface area contributed by atoms with Crippen molar-refractivity contribution in [2.45, 2.75) is 0 Å². The number of rotatable bonds is 1. The molecule has 3 rings (SSSR count). The summed E-state index contributed by atoms with van der Waals surface area (Å²) in [6.07, 6.45) is 6.10. The van der Waals surface area contributed by atoms with E-state index < -0.39 is 6.03 Å². The van der Waals surface area contributed by atoms with E-state index in [2.05, 4.69) is 16.9 Å². The molecule has 0 aliphatic carbocycles. The van der Waals surface area contributed by atoms with Gasteiger partial charge in [0.1, 0.15) is 11.3 Å². The number of carbonyl (C=O) groups excluding carboxylic acids is 1. The second-order valence-electron chi connectivity index (χ2n) is 4.02. The zero-order chi connectivity index (χ0) is 13.4. The molecule has 0 unspecified atom stereocenters. The molecule has 6 nitrogen and oxygen atoms in total. The van der Waals surface area contributed by atoms with Crippen LogP contribution in [0.15, 0.2) is 59.9 Å². The topological polar surface area (TPSA) is 66.7 Å². The molecule has 0 fully saturated rings. The van der Waals surface area contributed by atoms with Gasteiger partial charge in [0.25, 0.3) is 5.56 Å². The van der Waals surface area contributed by atoms with Crippen molar-refractivity contribution in [3.05, 3.63) is 65.5 Å². The Hall–Kier alpha value is -2.89. The van der Waals surface area contributed by atoms with Crippen LogP contribution in [-0.4, -0.2) is 15.4 Å². The van der Waals surface area contributed by atoms with Gasteiger partial charge in [-0.25, -0.2) is 9.78 Å². The van der Waals surface area contributed by atoms with Gasteiger partial charge in [-0.05, 0) is 18.2 Å². The first-order valence-corrected chi connectivity index (χ1v) is 5.60. The molecule has 2 amide bonds. The molecule has 0 spiro atoms. The number of pyridine rings is 1. The van der Waals surface area contributed by atoms with E-state index in [0.717, 1.165) is 0 Å². The normalized spacial score (nSPS) is 14.8. The fourth-order valence-corrected chi connectivity index (χ4v) is 1.84. The van der Waals surface area contributed by atoms with Gasteiger partial charge in [0.2, 0.25) is 0 Å². The van der Waals surface area contributed by atoms with Crippen LogP contribution in [0, 0.1) is 0 Å². The van der Waals surface area contributed by atoms with E-state index in [1.165, 1.54) is 21.7 Å². The number of nitrogens with one attached hydrogen (secondary N) is 1. The summed E-state index contributed by atoms with van der Waals surface area (Å²) in [4.78, 5) is 29.5. The molecule has 1 aliphatic rings. The molecule has 0 atom stereocenters. The number of fused-ring (bicyclic) bond motifs is 1. The van der Waals surface area contributed by atoms with Gasteiger partial charge in [0.05, 0.1) is 6.20 Å². The van der Waals surface area contributed by atoms with Crippen molar-refractivity contribution < 1.29 is 4.79 Å². The van der Waals surface area contributed by atoms with Gasteiger partial charge in [-0.1, -0.05) is 12.6 Å². The van der Waals surface area contributed by atoms with Gasteiger partial charge in [-0.2, -0.15) is 0 Å². The van der Waals surface area contributed by atoms with E-state index in [1.807, 2.05) is 0 Å². The fraction of sp³-hybridized carbons (Fsp3) is 0. The summed E-state index contributed by atoms with van der Waals surface area (Å²) >= 11 is 0.